The summed E-state index contributed by atoms with van der Waals surface area (Å²) in [5.74, 6) is 1.58. The normalized spacial score (nSPS) is 12.9. The second kappa shape index (κ2) is 7.43. The van der Waals surface area contributed by atoms with Gasteiger partial charge in [0.05, 0.1) is 0 Å². The molecule has 4 rings (SSSR count). The first-order chi connectivity index (χ1) is 13.5. The first-order valence-electron chi connectivity index (χ1n) is 9.63. The number of hydrogen-bond donors (Lipinski definition) is 1. The lowest BCUT2D eigenvalue weighted by Crippen LogP contribution is -2.19. The molecule has 28 heavy (non-hydrogen) atoms. The maximum absolute atomic E-state index is 12.8. The Labute approximate surface area is 165 Å². The number of aryl methyl sites for hydroxylation is 1. The summed E-state index contributed by atoms with van der Waals surface area (Å²) in [5.41, 5.74) is 4.83. The largest absolute Gasteiger partial charge is 0.326 e. The van der Waals surface area contributed by atoms with E-state index in [2.05, 4.69) is 52.2 Å². The van der Waals surface area contributed by atoms with Gasteiger partial charge >= 0.3 is 0 Å². The zero-order chi connectivity index (χ0) is 19.7. The lowest BCUT2D eigenvalue weighted by atomic mass is 10.0. The lowest BCUT2D eigenvalue weighted by molar-refractivity contribution is 0.102. The van der Waals surface area contributed by atoms with Crippen molar-refractivity contribution in [3.05, 3.63) is 77.2 Å². The maximum atomic E-state index is 12.8. The van der Waals surface area contributed by atoms with E-state index in [1.54, 1.807) is 6.07 Å². The fourth-order valence-electron chi connectivity index (χ4n) is 3.53. The third-order valence-corrected chi connectivity index (χ3v) is 5.06. The second-order valence-electron chi connectivity index (χ2n) is 7.42. The molecule has 0 saturated carbocycles. The number of rotatable bonds is 4. The van der Waals surface area contributed by atoms with Gasteiger partial charge in [0.1, 0.15) is 17.3 Å². The van der Waals surface area contributed by atoms with Crippen molar-refractivity contribution < 1.29 is 4.79 Å². The van der Waals surface area contributed by atoms with Crippen LogP contribution in [0.3, 0.4) is 0 Å². The summed E-state index contributed by atoms with van der Waals surface area (Å²) in [6.45, 7) is 6.97. The van der Waals surface area contributed by atoms with Gasteiger partial charge in [0, 0.05) is 24.0 Å². The van der Waals surface area contributed by atoms with E-state index in [1.807, 2.05) is 37.3 Å². The van der Waals surface area contributed by atoms with Crippen molar-refractivity contribution in [2.45, 2.75) is 33.1 Å². The number of nitrogens with zero attached hydrogens (tertiary/aromatic N) is 3. The standard InChI is InChI=1S/C23H24N4O/c1-15(2)17-8-10-19(11-9-17)26-23(28)20-14-22(25-16(3)24-20)27-13-12-18-6-4-5-7-21(18)27/h4-11,14-15H,12-13H2,1-3H3,(H,26,28). The van der Waals surface area contributed by atoms with Gasteiger partial charge in [-0.1, -0.05) is 44.2 Å². The van der Waals surface area contributed by atoms with Crippen LogP contribution in [0.5, 0.6) is 0 Å². The number of carbonyl (C=O) groups excluding carboxylic acids is 1. The molecule has 142 valence electrons. The van der Waals surface area contributed by atoms with Crippen LogP contribution in [-0.4, -0.2) is 22.4 Å². The zero-order valence-corrected chi connectivity index (χ0v) is 16.4. The predicted octanol–water partition coefficient (Wildman–Crippen LogP) is 4.85. The highest BCUT2D eigenvalue weighted by atomic mass is 16.1. The van der Waals surface area contributed by atoms with E-state index < -0.39 is 0 Å². The van der Waals surface area contributed by atoms with Crippen LogP contribution < -0.4 is 10.2 Å². The molecule has 1 aliphatic rings. The van der Waals surface area contributed by atoms with E-state index in [9.17, 15) is 4.79 Å². The summed E-state index contributed by atoms with van der Waals surface area (Å²) in [7, 11) is 0. The van der Waals surface area contributed by atoms with Crippen molar-refractivity contribution in [3.8, 4) is 0 Å². The van der Waals surface area contributed by atoms with Gasteiger partial charge in [-0.05, 0) is 48.6 Å². The van der Waals surface area contributed by atoms with Gasteiger partial charge in [-0.2, -0.15) is 0 Å². The van der Waals surface area contributed by atoms with Gasteiger partial charge in [0.25, 0.3) is 5.91 Å². The molecule has 3 aromatic rings. The molecule has 1 aliphatic heterocycles. The Balaban J connectivity index is 1.58. The molecule has 0 unspecified atom stereocenters. The predicted molar refractivity (Wildman–Crippen MR) is 112 cm³/mol. The summed E-state index contributed by atoms with van der Waals surface area (Å²) in [6.07, 6.45) is 0.975. The highest BCUT2D eigenvalue weighted by Gasteiger charge is 2.22. The Morgan fingerprint density at radius 2 is 1.82 bits per heavy atom. The fraction of sp³-hybridized carbons (Fsp3) is 0.261. The fourth-order valence-corrected chi connectivity index (χ4v) is 3.53. The summed E-state index contributed by atoms with van der Waals surface area (Å²) in [6, 6.07) is 18.0. The number of anilines is 3. The van der Waals surface area contributed by atoms with Gasteiger partial charge in [-0.3, -0.25) is 4.79 Å². The molecule has 1 amide bonds. The molecule has 0 bridgehead atoms. The number of nitrogens with one attached hydrogen (secondary N) is 1. The van der Waals surface area contributed by atoms with E-state index in [1.165, 1.54) is 11.1 Å². The average Bonchev–Trinajstić information content (AvgIpc) is 3.12. The van der Waals surface area contributed by atoms with Crippen molar-refractivity contribution in [3.63, 3.8) is 0 Å². The summed E-state index contributed by atoms with van der Waals surface area (Å²) in [5, 5.41) is 2.94. The van der Waals surface area contributed by atoms with E-state index in [0.29, 0.717) is 17.4 Å². The van der Waals surface area contributed by atoms with Crippen molar-refractivity contribution in [2.24, 2.45) is 0 Å². The van der Waals surface area contributed by atoms with Crippen LogP contribution in [0.15, 0.2) is 54.6 Å². The molecule has 5 nitrogen and oxygen atoms in total. The molecule has 0 spiro atoms. The van der Waals surface area contributed by atoms with Crippen LogP contribution in [0.25, 0.3) is 0 Å². The van der Waals surface area contributed by atoms with Gasteiger partial charge in [0.15, 0.2) is 0 Å². The van der Waals surface area contributed by atoms with Crippen molar-refractivity contribution in [1.29, 1.82) is 0 Å². The molecule has 0 fully saturated rings. The number of carbonyl (C=O) groups is 1. The minimum Gasteiger partial charge on any atom is -0.326 e. The molecule has 0 radical (unpaired) electrons. The van der Waals surface area contributed by atoms with Crippen molar-refractivity contribution in [1.82, 2.24) is 9.97 Å². The first-order valence-corrected chi connectivity index (χ1v) is 9.63. The number of hydrogen-bond acceptors (Lipinski definition) is 4. The van der Waals surface area contributed by atoms with Crippen LogP contribution in [0.1, 0.15) is 47.2 Å². The van der Waals surface area contributed by atoms with Gasteiger partial charge in [0.2, 0.25) is 0 Å². The van der Waals surface area contributed by atoms with Crippen LogP contribution in [-0.2, 0) is 6.42 Å². The summed E-state index contributed by atoms with van der Waals surface area (Å²) >= 11 is 0. The Morgan fingerprint density at radius 3 is 2.57 bits per heavy atom. The van der Waals surface area contributed by atoms with Gasteiger partial charge in [-0.15, -0.1) is 0 Å². The number of para-hydroxylation sites is 1. The minimum absolute atomic E-state index is 0.225. The molecule has 5 heteroatoms. The Bertz CT molecular complexity index is 1010. The molecule has 1 aromatic heterocycles. The molecule has 0 saturated heterocycles. The molecular formula is C23H24N4O. The van der Waals surface area contributed by atoms with Crippen LogP contribution >= 0.6 is 0 Å². The topological polar surface area (TPSA) is 58.1 Å². The van der Waals surface area contributed by atoms with Crippen molar-refractivity contribution >= 4 is 23.1 Å². The Morgan fingerprint density at radius 1 is 1.07 bits per heavy atom. The van der Waals surface area contributed by atoms with E-state index in [4.69, 9.17) is 0 Å². The number of fused-ring (bicyclic) bond motifs is 1. The zero-order valence-electron chi connectivity index (χ0n) is 16.4. The third kappa shape index (κ3) is 3.60. The summed E-state index contributed by atoms with van der Waals surface area (Å²) < 4.78 is 0. The average molecular weight is 372 g/mol. The van der Waals surface area contributed by atoms with Gasteiger partial charge in [-0.25, -0.2) is 9.97 Å². The number of aromatic nitrogens is 2. The van der Waals surface area contributed by atoms with Crippen LogP contribution in [0.2, 0.25) is 0 Å². The highest BCUT2D eigenvalue weighted by molar-refractivity contribution is 6.03. The van der Waals surface area contributed by atoms with Crippen molar-refractivity contribution in [2.75, 3.05) is 16.8 Å². The molecule has 0 atom stereocenters. The maximum Gasteiger partial charge on any atom is 0.274 e. The quantitative estimate of drug-likeness (QED) is 0.711. The molecule has 2 aromatic carbocycles. The van der Waals surface area contributed by atoms with Crippen LogP contribution in [0.4, 0.5) is 17.2 Å². The molecule has 0 aliphatic carbocycles. The molecule has 1 N–H and O–H groups in total. The third-order valence-electron chi connectivity index (χ3n) is 5.06. The van der Waals surface area contributed by atoms with E-state index in [0.717, 1.165) is 30.2 Å². The Kier molecular flexibility index (Phi) is 4.82. The van der Waals surface area contributed by atoms with Crippen LogP contribution in [0, 0.1) is 6.92 Å². The SMILES string of the molecule is Cc1nc(C(=O)Nc2ccc(C(C)C)cc2)cc(N2CCc3ccccc32)n1. The molecule has 2 heterocycles. The van der Waals surface area contributed by atoms with Gasteiger partial charge < -0.3 is 10.2 Å². The lowest BCUT2D eigenvalue weighted by Gasteiger charge is -2.19. The second-order valence-corrected chi connectivity index (χ2v) is 7.42. The Hall–Kier alpha value is -3.21. The minimum atomic E-state index is -0.225. The smallest absolute Gasteiger partial charge is 0.274 e. The van der Waals surface area contributed by atoms with E-state index >= 15 is 0 Å². The first kappa shape index (κ1) is 18.2. The molecular weight excluding hydrogens is 348 g/mol. The van der Waals surface area contributed by atoms with E-state index in [-0.39, 0.29) is 5.91 Å². The number of benzene rings is 2. The number of amides is 1. The highest BCUT2D eigenvalue weighted by Crippen LogP contribution is 2.33. The summed E-state index contributed by atoms with van der Waals surface area (Å²) in [4.78, 5) is 23.9. The monoisotopic (exact) mass is 372 g/mol.